The molecule has 2 N–H and O–H groups in total. The van der Waals surface area contributed by atoms with E-state index in [0.29, 0.717) is 24.0 Å². The maximum Gasteiger partial charge on any atom is 0.278 e. The molecule has 9 heteroatoms. The van der Waals surface area contributed by atoms with Gasteiger partial charge in [-0.1, -0.05) is 0 Å². The summed E-state index contributed by atoms with van der Waals surface area (Å²) < 4.78 is 5.26. The lowest BCUT2D eigenvalue weighted by Crippen LogP contribution is -2.41. The molecule has 1 saturated heterocycles. The lowest BCUT2D eigenvalue weighted by Gasteiger charge is -2.25. The predicted octanol–water partition coefficient (Wildman–Crippen LogP) is 1.06. The molecule has 24 heavy (non-hydrogen) atoms. The maximum atomic E-state index is 12.3. The lowest BCUT2D eigenvalue weighted by atomic mass is 10.2. The molecule has 0 radical (unpaired) electrons. The molecule has 2 aromatic rings. The number of morpholine rings is 1. The summed E-state index contributed by atoms with van der Waals surface area (Å²) in [6, 6.07) is 3.32. The molecule has 3 rings (SSSR count). The highest BCUT2D eigenvalue weighted by molar-refractivity contribution is 7.13. The third-order valence-corrected chi connectivity index (χ3v) is 4.11. The second-order valence-electron chi connectivity index (χ2n) is 5.13. The van der Waals surface area contributed by atoms with Gasteiger partial charge in [0.05, 0.1) is 25.4 Å². The van der Waals surface area contributed by atoms with Crippen LogP contribution in [0.25, 0.3) is 0 Å². The zero-order valence-electron chi connectivity index (χ0n) is 12.9. The van der Waals surface area contributed by atoms with E-state index in [9.17, 15) is 9.59 Å². The first kappa shape index (κ1) is 16.5. The van der Waals surface area contributed by atoms with Gasteiger partial charge in [-0.25, -0.2) is 9.97 Å². The van der Waals surface area contributed by atoms with E-state index in [4.69, 9.17) is 4.74 Å². The molecule has 1 aliphatic heterocycles. The number of thiazole rings is 1. The Morgan fingerprint density at radius 3 is 2.79 bits per heavy atom. The molecule has 126 valence electrons. The fourth-order valence-electron chi connectivity index (χ4n) is 2.28. The van der Waals surface area contributed by atoms with Crippen LogP contribution in [0.3, 0.4) is 0 Å². The highest BCUT2D eigenvalue weighted by Gasteiger charge is 2.18. The summed E-state index contributed by atoms with van der Waals surface area (Å²) in [6.07, 6.45) is 3.11. The summed E-state index contributed by atoms with van der Waals surface area (Å²) >= 11 is 1.31. The lowest BCUT2D eigenvalue weighted by molar-refractivity contribution is -0.118. The summed E-state index contributed by atoms with van der Waals surface area (Å²) in [4.78, 5) is 34.6. The van der Waals surface area contributed by atoms with Crippen LogP contribution in [-0.2, 0) is 9.53 Å². The molecule has 8 nitrogen and oxygen atoms in total. The largest absolute Gasteiger partial charge is 0.379 e. The number of hydrogen-bond acceptors (Lipinski definition) is 7. The SMILES string of the molecule is O=C(CN1CCOCC1)Nc1cccnc1C(=O)Nc1nccs1. The first-order valence-corrected chi connectivity index (χ1v) is 8.36. The molecule has 2 amide bonds. The number of nitrogens with one attached hydrogen (secondary N) is 2. The van der Waals surface area contributed by atoms with Crippen molar-refractivity contribution in [2.24, 2.45) is 0 Å². The summed E-state index contributed by atoms with van der Waals surface area (Å²) in [5, 5.41) is 7.66. The van der Waals surface area contributed by atoms with Gasteiger partial charge in [-0.3, -0.25) is 19.8 Å². The third-order valence-electron chi connectivity index (χ3n) is 3.42. The number of aromatic nitrogens is 2. The number of anilines is 2. The molecular formula is C15H17N5O3S. The Balaban J connectivity index is 1.64. The zero-order chi connectivity index (χ0) is 16.8. The van der Waals surface area contributed by atoms with E-state index in [1.54, 1.807) is 23.7 Å². The van der Waals surface area contributed by atoms with Crippen molar-refractivity contribution in [1.29, 1.82) is 0 Å². The van der Waals surface area contributed by atoms with Crippen LogP contribution in [0.5, 0.6) is 0 Å². The van der Waals surface area contributed by atoms with Gasteiger partial charge in [0, 0.05) is 30.9 Å². The quantitative estimate of drug-likeness (QED) is 0.840. The van der Waals surface area contributed by atoms with Gasteiger partial charge in [-0.05, 0) is 12.1 Å². The van der Waals surface area contributed by atoms with E-state index >= 15 is 0 Å². The van der Waals surface area contributed by atoms with Gasteiger partial charge < -0.3 is 10.1 Å². The Bertz CT molecular complexity index is 701. The fraction of sp³-hybridized carbons (Fsp3) is 0.333. The van der Waals surface area contributed by atoms with E-state index in [1.807, 2.05) is 4.90 Å². The van der Waals surface area contributed by atoms with Crippen molar-refractivity contribution in [3.63, 3.8) is 0 Å². The third kappa shape index (κ3) is 4.34. The van der Waals surface area contributed by atoms with Crippen molar-refractivity contribution in [2.75, 3.05) is 43.5 Å². The second kappa shape index (κ2) is 7.95. The highest BCUT2D eigenvalue weighted by atomic mass is 32.1. The Hall–Kier alpha value is -2.36. The minimum atomic E-state index is -0.410. The second-order valence-corrected chi connectivity index (χ2v) is 6.02. The molecule has 2 aromatic heterocycles. The van der Waals surface area contributed by atoms with Gasteiger partial charge in [0.2, 0.25) is 5.91 Å². The van der Waals surface area contributed by atoms with Crippen LogP contribution in [-0.4, -0.2) is 59.5 Å². The first-order valence-electron chi connectivity index (χ1n) is 7.48. The monoisotopic (exact) mass is 347 g/mol. The zero-order valence-corrected chi connectivity index (χ0v) is 13.7. The van der Waals surface area contributed by atoms with Gasteiger partial charge in [0.25, 0.3) is 5.91 Å². The number of carbonyl (C=O) groups is 2. The Morgan fingerprint density at radius 2 is 2.04 bits per heavy atom. The molecule has 0 atom stereocenters. The topological polar surface area (TPSA) is 96.5 Å². The van der Waals surface area contributed by atoms with Crippen molar-refractivity contribution in [1.82, 2.24) is 14.9 Å². The summed E-state index contributed by atoms with van der Waals surface area (Å²) in [6.45, 7) is 2.95. The normalized spacial score (nSPS) is 15.0. The molecule has 1 fully saturated rings. The van der Waals surface area contributed by atoms with Crippen molar-refractivity contribution in [2.45, 2.75) is 0 Å². The van der Waals surface area contributed by atoms with Gasteiger partial charge in [0.1, 0.15) is 0 Å². The van der Waals surface area contributed by atoms with Crippen LogP contribution >= 0.6 is 11.3 Å². The molecule has 0 spiro atoms. The van der Waals surface area contributed by atoms with Crippen molar-refractivity contribution in [3.05, 3.63) is 35.6 Å². The number of ether oxygens (including phenoxy) is 1. The molecule has 0 aliphatic carbocycles. The molecule has 0 unspecified atom stereocenters. The van der Waals surface area contributed by atoms with E-state index < -0.39 is 5.91 Å². The number of hydrogen-bond donors (Lipinski definition) is 2. The molecule has 0 bridgehead atoms. The number of amides is 2. The van der Waals surface area contributed by atoms with Crippen LogP contribution in [0.15, 0.2) is 29.9 Å². The van der Waals surface area contributed by atoms with Crippen molar-refractivity contribution < 1.29 is 14.3 Å². The minimum absolute atomic E-state index is 0.156. The molecule has 1 aliphatic rings. The molecular weight excluding hydrogens is 330 g/mol. The van der Waals surface area contributed by atoms with Crippen LogP contribution < -0.4 is 10.6 Å². The number of rotatable bonds is 5. The van der Waals surface area contributed by atoms with E-state index in [1.165, 1.54) is 17.5 Å². The Morgan fingerprint density at radius 1 is 1.21 bits per heavy atom. The van der Waals surface area contributed by atoms with E-state index in [-0.39, 0.29) is 18.1 Å². The maximum absolute atomic E-state index is 12.3. The molecule has 0 saturated carbocycles. The first-order chi connectivity index (χ1) is 11.7. The van der Waals surface area contributed by atoms with Gasteiger partial charge >= 0.3 is 0 Å². The molecule has 3 heterocycles. The van der Waals surface area contributed by atoms with Crippen molar-refractivity contribution in [3.8, 4) is 0 Å². The van der Waals surface area contributed by atoms with E-state index in [0.717, 1.165) is 13.1 Å². The number of pyridine rings is 1. The van der Waals surface area contributed by atoms with Crippen LogP contribution in [0.4, 0.5) is 10.8 Å². The average Bonchev–Trinajstić information content (AvgIpc) is 3.09. The fourth-order valence-corrected chi connectivity index (χ4v) is 2.80. The minimum Gasteiger partial charge on any atom is -0.379 e. The van der Waals surface area contributed by atoms with Gasteiger partial charge in [0.15, 0.2) is 10.8 Å². The van der Waals surface area contributed by atoms with Crippen LogP contribution in [0, 0.1) is 0 Å². The highest BCUT2D eigenvalue weighted by Crippen LogP contribution is 2.16. The average molecular weight is 347 g/mol. The van der Waals surface area contributed by atoms with Crippen LogP contribution in [0.2, 0.25) is 0 Å². The number of carbonyl (C=O) groups excluding carboxylic acids is 2. The van der Waals surface area contributed by atoms with Crippen LogP contribution in [0.1, 0.15) is 10.5 Å². The van der Waals surface area contributed by atoms with Gasteiger partial charge in [-0.15, -0.1) is 11.3 Å². The summed E-state index contributed by atoms with van der Waals surface area (Å²) in [5.74, 6) is -0.597. The van der Waals surface area contributed by atoms with Gasteiger partial charge in [-0.2, -0.15) is 0 Å². The smallest absolute Gasteiger partial charge is 0.278 e. The standard InChI is InChI=1S/C15H17N5O3S/c21-12(10-20-5-7-23-8-6-20)18-11-2-1-3-16-13(11)14(22)19-15-17-4-9-24-15/h1-4,9H,5-8,10H2,(H,18,21)(H,17,19,22). The predicted molar refractivity (Wildman–Crippen MR) is 90.2 cm³/mol. The van der Waals surface area contributed by atoms with Crippen molar-refractivity contribution >= 4 is 34.0 Å². The summed E-state index contributed by atoms with van der Waals surface area (Å²) in [5.41, 5.74) is 0.535. The molecule has 0 aromatic carbocycles. The Kier molecular flexibility index (Phi) is 5.47. The Labute approximate surface area is 142 Å². The van der Waals surface area contributed by atoms with E-state index in [2.05, 4.69) is 20.6 Å². The number of nitrogens with zero attached hydrogens (tertiary/aromatic N) is 3. The summed E-state index contributed by atoms with van der Waals surface area (Å²) in [7, 11) is 0.